The zero-order valence-corrected chi connectivity index (χ0v) is 13.8. The lowest BCUT2D eigenvalue weighted by molar-refractivity contribution is -0.116. The lowest BCUT2D eigenvalue weighted by atomic mass is 10.1. The average Bonchev–Trinajstić information content (AvgIpc) is 2.81. The van der Waals surface area contributed by atoms with Crippen LogP contribution in [0.2, 0.25) is 5.02 Å². The molecule has 0 aromatic heterocycles. The Morgan fingerprint density at radius 1 is 1.08 bits per heavy atom. The van der Waals surface area contributed by atoms with E-state index in [0.29, 0.717) is 21.8 Å². The highest BCUT2D eigenvalue weighted by atomic mass is 35.5. The van der Waals surface area contributed by atoms with Gasteiger partial charge in [-0.1, -0.05) is 29.8 Å². The standard InChI is InChI=1S/C18H15ClN2O3/c1-11-6-7-12(19)10-15(11)20-16(22)8-9-21-17(23)13-4-2-3-5-14(13)18(21)24/h2-7,10H,8-9H2,1H3,(H,20,22). The Labute approximate surface area is 144 Å². The Balaban J connectivity index is 1.64. The predicted molar refractivity (Wildman–Crippen MR) is 91.2 cm³/mol. The van der Waals surface area contributed by atoms with Gasteiger partial charge in [0.25, 0.3) is 11.8 Å². The van der Waals surface area contributed by atoms with Crippen molar-refractivity contribution in [1.29, 1.82) is 0 Å². The molecule has 1 aliphatic rings. The van der Waals surface area contributed by atoms with Gasteiger partial charge in [0.2, 0.25) is 5.91 Å². The van der Waals surface area contributed by atoms with Crippen LogP contribution in [0.5, 0.6) is 0 Å². The van der Waals surface area contributed by atoms with Crippen molar-refractivity contribution in [3.8, 4) is 0 Å². The minimum atomic E-state index is -0.359. The van der Waals surface area contributed by atoms with E-state index in [2.05, 4.69) is 5.32 Å². The van der Waals surface area contributed by atoms with E-state index >= 15 is 0 Å². The molecular weight excluding hydrogens is 328 g/mol. The second-order valence-electron chi connectivity index (χ2n) is 5.56. The Bertz CT molecular complexity index is 813. The third-order valence-electron chi connectivity index (χ3n) is 3.91. The molecule has 1 N–H and O–H groups in total. The number of carbonyl (C=O) groups is 3. The number of benzene rings is 2. The number of hydrogen-bond donors (Lipinski definition) is 1. The minimum Gasteiger partial charge on any atom is -0.326 e. The number of imide groups is 1. The number of halogens is 1. The molecule has 1 heterocycles. The first-order chi connectivity index (χ1) is 11.5. The number of fused-ring (bicyclic) bond motifs is 1. The highest BCUT2D eigenvalue weighted by molar-refractivity contribution is 6.31. The van der Waals surface area contributed by atoms with Gasteiger partial charge in [0, 0.05) is 23.7 Å². The number of nitrogens with zero attached hydrogens (tertiary/aromatic N) is 1. The van der Waals surface area contributed by atoms with Gasteiger partial charge in [-0.15, -0.1) is 0 Å². The SMILES string of the molecule is Cc1ccc(Cl)cc1NC(=O)CCN1C(=O)c2ccccc2C1=O. The van der Waals surface area contributed by atoms with Crippen LogP contribution in [0.3, 0.4) is 0 Å². The number of anilines is 1. The molecule has 3 rings (SSSR count). The maximum atomic E-state index is 12.2. The summed E-state index contributed by atoms with van der Waals surface area (Å²) in [6.07, 6.45) is 0.0252. The quantitative estimate of drug-likeness (QED) is 0.867. The normalized spacial score (nSPS) is 13.2. The van der Waals surface area contributed by atoms with Gasteiger partial charge in [-0.05, 0) is 36.8 Å². The zero-order chi connectivity index (χ0) is 17.3. The maximum Gasteiger partial charge on any atom is 0.261 e. The van der Waals surface area contributed by atoms with E-state index in [1.807, 2.05) is 13.0 Å². The van der Waals surface area contributed by atoms with Gasteiger partial charge < -0.3 is 5.32 Å². The van der Waals surface area contributed by atoms with Crippen LogP contribution in [0.25, 0.3) is 0 Å². The fourth-order valence-electron chi connectivity index (χ4n) is 2.60. The molecule has 2 aromatic rings. The summed E-state index contributed by atoms with van der Waals surface area (Å²) >= 11 is 5.92. The maximum absolute atomic E-state index is 12.2. The molecule has 0 saturated heterocycles. The monoisotopic (exact) mass is 342 g/mol. The van der Waals surface area contributed by atoms with Crippen molar-refractivity contribution >= 4 is 35.0 Å². The number of aryl methyl sites for hydroxylation is 1. The lowest BCUT2D eigenvalue weighted by Gasteiger charge is -2.14. The summed E-state index contributed by atoms with van der Waals surface area (Å²) in [5, 5.41) is 3.28. The molecule has 122 valence electrons. The molecule has 3 amide bonds. The first-order valence-electron chi connectivity index (χ1n) is 7.48. The van der Waals surface area contributed by atoms with Crippen LogP contribution < -0.4 is 5.32 Å². The van der Waals surface area contributed by atoms with E-state index in [0.717, 1.165) is 10.5 Å². The van der Waals surface area contributed by atoms with Crippen molar-refractivity contribution in [2.24, 2.45) is 0 Å². The summed E-state index contributed by atoms with van der Waals surface area (Å²) in [6, 6.07) is 11.9. The van der Waals surface area contributed by atoms with Crippen molar-refractivity contribution in [1.82, 2.24) is 4.90 Å². The fraction of sp³-hybridized carbons (Fsp3) is 0.167. The molecule has 0 spiro atoms. The van der Waals surface area contributed by atoms with Gasteiger partial charge in [-0.25, -0.2) is 0 Å². The van der Waals surface area contributed by atoms with Gasteiger partial charge in [0.05, 0.1) is 11.1 Å². The van der Waals surface area contributed by atoms with Gasteiger partial charge in [-0.2, -0.15) is 0 Å². The third-order valence-corrected chi connectivity index (χ3v) is 4.15. The molecule has 0 radical (unpaired) electrons. The van der Waals surface area contributed by atoms with Gasteiger partial charge >= 0.3 is 0 Å². The minimum absolute atomic E-state index is 0.0252. The molecular formula is C18H15ClN2O3. The Morgan fingerprint density at radius 3 is 2.33 bits per heavy atom. The molecule has 0 bridgehead atoms. The summed E-state index contributed by atoms with van der Waals surface area (Å²) in [7, 11) is 0. The molecule has 0 unspecified atom stereocenters. The Kier molecular flexibility index (Phi) is 4.36. The van der Waals surface area contributed by atoms with Crippen molar-refractivity contribution in [2.75, 3.05) is 11.9 Å². The fourth-order valence-corrected chi connectivity index (χ4v) is 2.77. The first-order valence-corrected chi connectivity index (χ1v) is 7.86. The van der Waals surface area contributed by atoms with Crippen LogP contribution in [0.4, 0.5) is 5.69 Å². The third kappa shape index (κ3) is 3.03. The molecule has 1 aliphatic heterocycles. The van der Waals surface area contributed by atoms with E-state index in [-0.39, 0.29) is 30.7 Å². The van der Waals surface area contributed by atoms with Crippen LogP contribution in [-0.2, 0) is 4.79 Å². The van der Waals surface area contributed by atoms with E-state index in [1.54, 1.807) is 36.4 Å². The summed E-state index contributed by atoms with van der Waals surface area (Å²) < 4.78 is 0. The largest absolute Gasteiger partial charge is 0.326 e. The van der Waals surface area contributed by atoms with Crippen LogP contribution in [0.1, 0.15) is 32.7 Å². The molecule has 0 aliphatic carbocycles. The van der Waals surface area contributed by atoms with Crippen LogP contribution in [0, 0.1) is 6.92 Å². The first kappa shape index (κ1) is 16.2. The van der Waals surface area contributed by atoms with E-state index in [9.17, 15) is 14.4 Å². The van der Waals surface area contributed by atoms with Crippen molar-refractivity contribution < 1.29 is 14.4 Å². The van der Waals surface area contributed by atoms with Crippen LogP contribution >= 0.6 is 11.6 Å². The van der Waals surface area contributed by atoms with Gasteiger partial charge in [-0.3, -0.25) is 19.3 Å². The second kappa shape index (κ2) is 6.45. The van der Waals surface area contributed by atoms with Crippen LogP contribution in [-0.4, -0.2) is 29.2 Å². The van der Waals surface area contributed by atoms with Gasteiger partial charge in [0.15, 0.2) is 0 Å². The highest BCUT2D eigenvalue weighted by Crippen LogP contribution is 2.23. The predicted octanol–water partition coefficient (Wildman–Crippen LogP) is 3.27. The summed E-state index contributed by atoms with van der Waals surface area (Å²) in [6.45, 7) is 1.90. The second-order valence-corrected chi connectivity index (χ2v) is 6.00. The van der Waals surface area contributed by atoms with Crippen LogP contribution in [0.15, 0.2) is 42.5 Å². The molecule has 0 atom stereocenters. The number of nitrogens with one attached hydrogen (secondary N) is 1. The number of amides is 3. The molecule has 6 heteroatoms. The average molecular weight is 343 g/mol. The Hall–Kier alpha value is -2.66. The summed E-state index contributed by atoms with van der Waals surface area (Å²) in [5.41, 5.74) is 2.27. The van der Waals surface area contributed by atoms with Gasteiger partial charge in [0.1, 0.15) is 0 Å². The van der Waals surface area contributed by atoms with E-state index < -0.39 is 0 Å². The topological polar surface area (TPSA) is 66.5 Å². The molecule has 5 nitrogen and oxygen atoms in total. The number of rotatable bonds is 4. The number of hydrogen-bond acceptors (Lipinski definition) is 3. The smallest absolute Gasteiger partial charge is 0.261 e. The highest BCUT2D eigenvalue weighted by Gasteiger charge is 2.34. The van der Waals surface area contributed by atoms with Crippen molar-refractivity contribution in [3.63, 3.8) is 0 Å². The van der Waals surface area contributed by atoms with E-state index in [4.69, 9.17) is 11.6 Å². The summed E-state index contributed by atoms with van der Waals surface area (Å²) in [5.74, 6) is -0.999. The zero-order valence-electron chi connectivity index (χ0n) is 13.0. The molecule has 2 aromatic carbocycles. The molecule has 24 heavy (non-hydrogen) atoms. The Morgan fingerprint density at radius 2 is 1.71 bits per heavy atom. The lowest BCUT2D eigenvalue weighted by Crippen LogP contribution is -2.32. The van der Waals surface area contributed by atoms with Crippen molar-refractivity contribution in [2.45, 2.75) is 13.3 Å². The molecule has 0 saturated carbocycles. The summed E-state index contributed by atoms with van der Waals surface area (Å²) in [4.78, 5) is 37.7. The van der Waals surface area contributed by atoms with E-state index in [1.165, 1.54) is 0 Å². The van der Waals surface area contributed by atoms with Crippen molar-refractivity contribution in [3.05, 3.63) is 64.2 Å². The number of carbonyl (C=O) groups excluding carboxylic acids is 3. The molecule has 0 fully saturated rings.